The Morgan fingerprint density at radius 3 is 2.67 bits per heavy atom. The topological polar surface area (TPSA) is 84.2 Å². The fourth-order valence-corrected chi connectivity index (χ4v) is 3.12. The second-order valence-corrected chi connectivity index (χ2v) is 6.40. The van der Waals surface area contributed by atoms with Crippen LogP contribution in [0.5, 0.6) is 5.75 Å². The third kappa shape index (κ3) is 2.33. The molecule has 132 valence electrons. The molecule has 1 amide bonds. The van der Waals surface area contributed by atoms with E-state index in [1.165, 1.54) is 16.1 Å². The van der Waals surface area contributed by atoms with Gasteiger partial charge in [0, 0.05) is 26.4 Å². The average Bonchev–Trinajstić information content (AvgIpc) is 2.48. The van der Waals surface area contributed by atoms with Gasteiger partial charge in [-0.25, -0.2) is 10.0 Å². The van der Waals surface area contributed by atoms with E-state index in [0.29, 0.717) is 6.61 Å². The van der Waals surface area contributed by atoms with E-state index in [9.17, 15) is 14.7 Å². The Labute approximate surface area is 140 Å². The van der Waals surface area contributed by atoms with E-state index < -0.39 is 17.7 Å². The monoisotopic (exact) mass is 337 g/mol. The number of nitrogens with zero attached hydrogens (tertiary/aromatic N) is 3. The maximum atomic E-state index is 12.9. The summed E-state index contributed by atoms with van der Waals surface area (Å²) < 4.78 is 12.6. The molecule has 2 aliphatic rings. The summed E-state index contributed by atoms with van der Waals surface area (Å²) in [6, 6.07) is 1.37. The van der Waals surface area contributed by atoms with Crippen LogP contribution >= 0.6 is 0 Å². The molecule has 0 radical (unpaired) electrons. The third-order valence-electron chi connectivity index (χ3n) is 4.54. The molecule has 1 aromatic heterocycles. The highest BCUT2D eigenvalue weighted by Gasteiger charge is 2.56. The number of amides is 1. The van der Waals surface area contributed by atoms with Crippen LogP contribution in [0.1, 0.15) is 30.3 Å². The molecule has 1 atom stereocenters. The quantitative estimate of drug-likeness (QED) is 0.762. The minimum atomic E-state index is -1.08. The maximum Gasteiger partial charge on any atom is 0.291 e. The molecular weight excluding hydrogens is 314 g/mol. The van der Waals surface area contributed by atoms with Gasteiger partial charge < -0.3 is 19.1 Å². The zero-order valence-electron chi connectivity index (χ0n) is 14.2. The lowest BCUT2D eigenvalue weighted by Crippen LogP contribution is -2.71. The lowest BCUT2D eigenvalue weighted by molar-refractivity contribution is -0.231. The molecule has 1 saturated heterocycles. The van der Waals surface area contributed by atoms with E-state index in [1.807, 2.05) is 6.92 Å². The van der Waals surface area contributed by atoms with Crippen LogP contribution in [0, 0.1) is 0 Å². The number of rotatable bonds is 5. The fraction of sp³-hybridized carbons (Fsp3) is 0.625. The number of unbranched alkanes of at least 4 members (excludes halogenated alkanes) is 1. The van der Waals surface area contributed by atoms with Crippen molar-refractivity contribution >= 4 is 5.91 Å². The van der Waals surface area contributed by atoms with Gasteiger partial charge in [-0.3, -0.25) is 9.59 Å². The molecule has 0 saturated carbocycles. The Morgan fingerprint density at radius 2 is 2.12 bits per heavy atom. The number of aromatic nitrogens is 1. The van der Waals surface area contributed by atoms with Gasteiger partial charge in [-0.15, -0.1) is 0 Å². The number of ether oxygens (including phenoxy) is 2. The molecule has 0 aromatic carbocycles. The number of hydrogen-bond donors (Lipinski definition) is 1. The van der Waals surface area contributed by atoms with Crippen LogP contribution in [0.15, 0.2) is 17.1 Å². The van der Waals surface area contributed by atoms with E-state index in [0.717, 1.165) is 12.8 Å². The van der Waals surface area contributed by atoms with E-state index in [-0.39, 0.29) is 30.1 Å². The third-order valence-corrected chi connectivity index (χ3v) is 4.54. The predicted octanol–water partition coefficient (Wildman–Crippen LogP) is 0.00350. The summed E-state index contributed by atoms with van der Waals surface area (Å²) in [5.74, 6) is -0.421. The molecule has 8 nitrogen and oxygen atoms in total. The molecule has 2 aliphatic heterocycles. The van der Waals surface area contributed by atoms with Crippen molar-refractivity contribution in [1.82, 2.24) is 14.6 Å². The first kappa shape index (κ1) is 16.9. The Morgan fingerprint density at radius 1 is 1.42 bits per heavy atom. The summed E-state index contributed by atoms with van der Waals surface area (Å²) in [5, 5.41) is 13.5. The molecule has 1 aromatic rings. The SMILES string of the molecule is CCCCOc1c2n(ccc1=O)C1(COC1)C(O)N(N(C)C)C2=O. The van der Waals surface area contributed by atoms with Crippen LogP contribution in [0.4, 0.5) is 0 Å². The minimum Gasteiger partial charge on any atom is -0.487 e. The number of hydrogen-bond acceptors (Lipinski definition) is 6. The number of aliphatic hydroxyl groups excluding tert-OH is 1. The van der Waals surface area contributed by atoms with Crippen LogP contribution in [0.2, 0.25) is 0 Å². The van der Waals surface area contributed by atoms with Gasteiger partial charge in [-0.1, -0.05) is 13.3 Å². The molecule has 1 unspecified atom stereocenters. The standard InChI is InChI=1S/C16H23N3O5/c1-4-5-8-24-13-11(20)6-7-18-12(13)14(21)19(17(2)3)15(22)16(18)9-23-10-16/h6-7,15,22H,4-5,8-10H2,1-3H3. The van der Waals surface area contributed by atoms with Crippen molar-refractivity contribution in [3.63, 3.8) is 0 Å². The summed E-state index contributed by atoms with van der Waals surface area (Å²) in [6.45, 7) is 2.91. The van der Waals surface area contributed by atoms with Gasteiger partial charge in [-0.05, 0) is 6.42 Å². The van der Waals surface area contributed by atoms with Crippen molar-refractivity contribution in [3.8, 4) is 5.75 Å². The van der Waals surface area contributed by atoms with Crippen molar-refractivity contribution in [3.05, 3.63) is 28.2 Å². The molecule has 24 heavy (non-hydrogen) atoms. The number of pyridine rings is 1. The highest BCUT2D eigenvalue weighted by molar-refractivity contribution is 5.96. The van der Waals surface area contributed by atoms with E-state index >= 15 is 0 Å². The zero-order valence-corrected chi connectivity index (χ0v) is 14.2. The number of carbonyl (C=O) groups is 1. The smallest absolute Gasteiger partial charge is 0.291 e. The van der Waals surface area contributed by atoms with Gasteiger partial charge in [-0.2, -0.15) is 0 Å². The predicted molar refractivity (Wildman–Crippen MR) is 85.8 cm³/mol. The number of carbonyl (C=O) groups excluding carboxylic acids is 1. The molecule has 1 spiro atoms. The number of aliphatic hydroxyl groups is 1. The summed E-state index contributed by atoms with van der Waals surface area (Å²) in [6.07, 6.45) is 2.18. The van der Waals surface area contributed by atoms with Crippen molar-refractivity contribution in [1.29, 1.82) is 0 Å². The van der Waals surface area contributed by atoms with Crippen LogP contribution in [0.3, 0.4) is 0 Å². The van der Waals surface area contributed by atoms with Gasteiger partial charge in [0.2, 0.25) is 5.43 Å². The lowest BCUT2D eigenvalue weighted by Gasteiger charge is -2.54. The van der Waals surface area contributed by atoms with Gasteiger partial charge in [0.05, 0.1) is 19.8 Å². The Kier molecular flexibility index (Phi) is 4.37. The normalized spacial score (nSPS) is 21.8. The summed E-state index contributed by atoms with van der Waals surface area (Å²) >= 11 is 0. The molecule has 1 fully saturated rings. The molecular formula is C16H23N3O5. The van der Waals surface area contributed by atoms with Crippen LogP contribution in [0.25, 0.3) is 0 Å². The van der Waals surface area contributed by atoms with Gasteiger partial charge in [0.15, 0.2) is 17.7 Å². The number of fused-ring (bicyclic) bond motifs is 2. The zero-order chi connectivity index (χ0) is 17.5. The Bertz CT molecular complexity index is 695. The fourth-order valence-electron chi connectivity index (χ4n) is 3.12. The first-order valence-electron chi connectivity index (χ1n) is 8.09. The summed E-state index contributed by atoms with van der Waals surface area (Å²) in [4.78, 5) is 25.2. The van der Waals surface area contributed by atoms with Gasteiger partial charge >= 0.3 is 0 Å². The minimum absolute atomic E-state index is 0.0426. The van der Waals surface area contributed by atoms with Crippen molar-refractivity contribution < 1.29 is 19.4 Å². The molecule has 8 heteroatoms. The maximum absolute atomic E-state index is 12.9. The second-order valence-electron chi connectivity index (χ2n) is 6.40. The van der Waals surface area contributed by atoms with Gasteiger partial charge in [0.25, 0.3) is 5.91 Å². The highest BCUT2D eigenvalue weighted by atomic mass is 16.5. The van der Waals surface area contributed by atoms with Crippen LogP contribution in [-0.4, -0.2) is 65.7 Å². The van der Waals surface area contributed by atoms with Crippen molar-refractivity contribution in [2.75, 3.05) is 33.9 Å². The molecule has 3 heterocycles. The van der Waals surface area contributed by atoms with Gasteiger partial charge in [0.1, 0.15) is 5.54 Å². The van der Waals surface area contributed by atoms with E-state index in [4.69, 9.17) is 9.47 Å². The van der Waals surface area contributed by atoms with E-state index in [2.05, 4.69) is 0 Å². The van der Waals surface area contributed by atoms with Crippen LogP contribution in [-0.2, 0) is 10.3 Å². The summed E-state index contributed by atoms with van der Waals surface area (Å²) in [5.41, 5.74) is -0.971. The van der Waals surface area contributed by atoms with E-state index in [1.54, 1.807) is 24.9 Å². The first-order valence-corrected chi connectivity index (χ1v) is 8.09. The molecule has 1 N–H and O–H groups in total. The van der Waals surface area contributed by atoms with Crippen molar-refractivity contribution in [2.24, 2.45) is 0 Å². The second kappa shape index (κ2) is 6.19. The molecule has 3 rings (SSSR count). The lowest BCUT2D eigenvalue weighted by atomic mass is 9.90. The first-order chi connectivity index (χ1) is 11.4. The van der Waals surface area contributed by atoms with Crippen LogP contribution < -0.4 is 10.2 Å². The largest absolute Gasteiger partial charge is 0.487 e. The average molecular weight is 337 g/mol. The summed E-state index contributed by atoms with van der Waals surface area (Å²) in [7, 11) is 3.34. The number of hydrazine groups is 1. The highest BCUT2D eigenvalue weighted by Crippen LogP contribution is 2.39. The Balaban J connectivity index is 2.14. The molecule has 0 bridgehead atoms. The molecule has 0 aliphatic carbocycles. The Hall–Kier alpha value is -1.90. The van der Waals surface area contributed by atoms with Crippen molar-refractivity contribution in [2.45, 2.75) is 31.5 Å².